The molecule has 2 amide bonds. The molecule has 7 heteroatoms. The first-order chi connectivity index (χ1) is 15.4. The maximum Gasteiger partial charge on any atom is 0.407 e. The zero-order valence-electron chi connectivity index (χ0n) is 18.1. The number of carbonyl (C=O) groups is 3. The number of nitrogens with zero attached hydrogens (tertiary/aromatic N) is 1. The van der Waals surface area contributed by atoms with Crippen molar-refractivity contribution in [1.29, 1.82) is 0 Å². The predicted molar refractivity (Wildman–Crippen MR) is 121 cm³/mol. The van der Waals surface area contributed by atoms with E-state index in [0.717, 1.165) is 22.3 Å². The number of carboxylic acid groups (broad SMARTS) is 1. The summed E-state index contributed by atoms with van der Waals surface area (Å²) in [5.41, 5.74) is 4.60. The number of amides is 2. The van der Waals surface area contributed by atoms with E-state index in [1.165, 1.54) is 11.0 Å². The number of alkyl carbamates (subject to hydrolysis) is 1. The highest BCUT2D eigenvalue weighted by molar-refractivity contribution is 5.83. The number of carbonyl (C=O) groups excluding carboxylic acids is 2. The minimum Gasteiger partial charge on any atom is -0.480 e. The maximum absolute atomic E-state index is 12.4. The smallest absolute Gasteiger partial charge is 0.407 e. The Morgan fingerprint density at radius 2 is 1.72 bits per heavy atom. The maximum atomic E-state index is 12.4. The van der Waals surface area contributed by atoms with E-state index in [2.05, 4.69) is 36.2 Å². The van der Waals surface area contributed by atoms with Crippen molar-refractivity contribution in [2.24, 2.45) is 5.92 Å². The van der Waals surface area contributed by atoms with Gasteiger partial charge >= 0.3 is 12.1 Å². The van der Waals surface area contributed by atoms with Crippen molar-refractivity contribution in [2.75, 3.05) is 26.2 Å². The zero-order valence-corrected chi connectivity index (χ0v) is 18.1. The van der Waals surface area contributed by atoms with Gasteiger partial charge in [-0.25, -0.2) is 4.79 Å². The third-order valence-corrected chi connectivity index (χ3v) is 5.60. The Morgan fingerprint density at radius 1 is 1.12 bits per heavy atom. The fourth-order valence-electron chi connectivity index (χ4n) is 4.03. The number of hydrogen-bond donors (Lipinski definition) is 2. The van der Waals surface area contributed by atoms with Gasteiger partial charge in [-0.2, -0.15) is 0 Å². The average molecular weight is 437 g/mol. The van der Waals surface area contributed by atoms with Crippen LogP contribution in [0.2, 0.25) is 0 Å². The molecule has 0 spiro atoms. The molecule has 7 nitrogen and oxygen atoms in total. The van der Waals surface area contributed by atoms with E-state index in [9.17, 15) is 14.4 Å². The summed E-state index contributed by atoms with van der Waals surface area (Å²) in [6, 6.07) is 16.2. The van der Waals surface area contributed by atoms with Gasteiger partial charge in [-0.15, -0.1) is 6.58 Å². The van der Waals surface area contributed by atoms with Crippen LogP contribution in [-0.4, -0.2) is 54.2 Å². The summed E-state index contributed by atoms with van der Waals surface area (Å²) in [5.74, 6) is -1.83. The highest BCUT2D eigenvalue weighted by Gasteiger charge is 2.29. The predicted octanol–water partition coefficient (Wildman–Crippen LogP) is 3.65. The average Bonchev–Trinajstić information content (AvgIpc) is 3.10. The molecule has 0 bridgehead atoms. The van der Waals surface area contributed by atoms with Crippen LogP contribution in [-0.2, 0) is 14.3 Å². The van der Waals surface area contributed by atoms with Gasteiger partial charge in [-0.05, 0) is 28.7 Å². The Morgan fingerprint density at radius 3 is 2.28 bits per heavy atom. The Labute approximate surface area is 187 Å². The van der Waals surface area contributed by atoms with Crippen LogP contribution in [0.1, 0.15) is 30.4 Å². The molecule has 2 aromatic rings. The van der Waals surface area contributed by atoms with E-state index in [1.54, 1.807) is 6.92 Å². The highest BCUT2D eigenvalue weighted by Crippen LogP contribution is 2.44. The molecule has 0 fully saturated rings. The molecule has 0 radical (unpaired) electrons. The van der Waals surface area contributed by atoms with Crippen LogP contribution in [0.25, 0.3) is 11.1 Å². The molecule has 0 aromatic heterocycles. The molecular formula is C25H28N2O5. The van der Waals surface area contributed by atoms with Gasteiger partial charge in [-0.3, -0.25) is 9.59 Å². The van der Waals surface area contributed by atoms with Crippen molar-refractivity contribution < 1.29 is 24.2 Å². The molecule has 1 aliphatic carbocycles. The molecule has 1 aliphatic rings. The van der Waals surface area contributed by atoms with Crippen LogP contribution >= 0.6 is 0 Å². The minimum atomic E-state index is -1.08. The van der Waals surface area contributed by atoms with Crippen LogP contribution < -0.4 is 5.32 Å². The molecule has 2 aromatic carbocycles. The third kappa shape index (κ3) is 5.35. The zero-order chi connectivity index (χ0) is 23.1. The fourth-order valence-corrected chi connectivity index (χ4v) is 4.03. The molecule has 3 rings (SSSR count). The second-order valence-electron chi connectivity index (χ2n) is 7.84. The van der Waals surface area contributed by atoms with Crippen LogP contribution in [0.5, 0.6) is 0 Å². The molecule has 0 aliphatic heterocycles. The Balaban J connectivity index is 1.49. The first kappa shape index (κ1) is 23.1. The van der Waals surface area contributed by atoms with Crippen LogP contribution in [0.15, 0.2) is 61.2 Å². The van der Waals surface area contributed by atoms with Crippen LogP contribution in [0.3, 0.4) is 0 Å². The molecule has 1 atom stereocenters. The number of aliphatic carboxylic acids is 1. The van der Waals surface area contributed by atoms with Gasteiger partial charge < -0.3 is 20.1 Å². The Hall–Kier alpha value is -3.61. The summed E-state index contributed by atoms with van der Waals surface area (Å²) in [4.78, 5) is 36.9. The topological polar surface area (TPSA) is 95.9 Å². The number of fused-ring (bicyclic) bond motifs is 3. The lowest BCUT2D eigenvalue weighted by Crippen LogP contribution is -2.40. The number of carboxylic acids is 1. The number of hydrogen-bond acceptors (Lipinski definition) is 4. The van der Waals surface area contributed by atoms with E-state index in [0.29, 0.717) is 6.42 Å². The first-order valence-corrected chi connectivity index (χ1v) is 10.6. The van der Waals surface area contributed by atoms with Gasteiger partial charge in [0.15, 0.2) is 0 Å². The van der Waals surface area contributed by atoms with E-state index in [4.69, 9.17) is 9.84 Å². The fraction of sp³-hybridized carbons (Fsp3) is 0.320. The number of nitrogens with one attached hydrogen (secondary N) is 1. The Bertz CT molecular complexity index is 958. The van der Waals surface area contributed by atoms with Gasteiger partial charge in [0.1, 0.15) is 13.2 Å². The van der Waals surface area contributed by atoms with E-state index in [1.807, 2.05) is 24.3 Å². The van der Waals surface area contributed by atoms with Gasteiger partial charge in [0.05, 0.1) is 0 Å². The minimum absolute atomic E-state index is 0.0165. The second kappa shape index (κ2) is 10.6. The van der Waals surface area contributed by atoms with E-state index in [-0.39, 0.29) is 38.1 Å². The van der Waals surface area contributed by atoms with Crippen molar-refractivity contribution >= 4 is 18.0 Å². The number of ether oxygens (including phenoxy) is 1. The largest absolute Gasteiger partial charge is 0.480 e. The van der Waals surface area contributed by atoms with E-state index < -0.39 is 18.0 Å². The van der Waals surface area contributed by atoms with Crippen molar-refractivity contribution in [1.82, 2.24) is 10.2 Å². The normalized spacial score (nSPS) is 12.9. The molecule has 0 saturated heterocycles. The summed E-state index contributed by atoms with van der Waals surface area (Å²) in [7, 11) is 0. The summed E-state index contributed by atoms with van der Waals surface area (Å²) in [5, 5.41) is 11.6. The van der Waals surface area contributed by atoms with Crippen molar-refractivity contribution in [3.05, 3.63) is 72.3 Å². The lowest BCUT2D eigenvalue weighted by Gasteiger charge is -2.23. The van der Waals surface area contributed by atoms with Crippen molar-refractivity contribution in [2.45, 2.75) is 19.3 Å². The molecule has 0 heterocycles. The molecule has 1 unspecified atom stereocenters. The Kier molecular flexibility index (Phi) is 7.65. The SMILES string of the molecule is C=CCN(CC(=O)O)C(=O)C(C)CCNC(=O)OCC1c2ccccc2-c2ccccc21. The van der Waals surface area contributed by atoms with Crippen molar-refractivity contribution in [3.8, 4) is 11.1 Å². The highest BCUT2D eigenvalue weighted by atomic mass is 16.5. The standard InChI is InChI=1S/C25H28N2O5/c1-3-14-27(15-23(28)29)24(30)17(2)12-13-26-25(31)32-16-22-20-10-6-4-8-18(20)19-9-5-7-11-21(19)22/h3-11,17,22H,1,12-16H2,2H3,(H,26,31)(H,28,29). The second-order valence-corrected chi connectivity index (χ2v) is 7.84. The van der Waals surface area contributed by atoms with Crippen LogP contribution in [0.4, 0.5) is 4.79 Å². The molecule has 0 saturated carbocycles. The lowest BCUT2D eigenvalue weighted by molar-refractivity contribution is -0.145. The molecule has 2 N–H and O–H groups in total. The quantitative estimate of drug-likeness (QED) is 0.554. The number of rotatable bonds is 10. The monoisotopic (exact) mass is 436 g/mol. The third-order valence-electron chi connectivity index (χ3n) is 5.60. The van der Waals surface area contributed by atoms with Gasteiger partial charge in [0.2, 0.25) is 5.91 Å². The van der Waals surface area contributed by atoms with Crippen LogP contribution in [0, 0.1) is 5.92 Å². The first-order valence-electron chi connectivity index (χ1n) is 10.6. The molecular weight excluding hydrogens is 408 g/mol. The van der Waals surface area contributed by atoms with Gasteiger partial charge in [0.25, 0.3) is 0 Å². The van der Waals surface area contributed by atoms with E-state index >= 15 is 0 Å². The molecule has 168 valence electrons. The van der Waals surface area contributed by atoms with Gasteiger partial charge in [0, 0.05) is 24.9 Å². The summed E-state index contributed by atoms with van der Waals surface area (Å²) >= 11 is 0. The molecule has 32 heavy (non-hydrogen) atoms. The summed E-state index contributed by atoms with van der Waals surface area (Å²) in [6.07, 6.45) is 1.32. The summed E-state index contributed by atoms with van der Waals surface area (Å²) in [6.45, 7) is 5.52. The lowest BCUT2D eigenvalue weighted by atomic mass is 9.98. The van der Waals surface area contributed by atoms with Crippen molar-refractivity contribution in [3.63, 3.8) is 0 Å². The number of benzene rings is 2. The van der Waals surface area contributed by atoms with Gasteiger partial charge in [-0.1, -0.05) is 61.5 Å². The summed E-state index contributed by atoms with van der Waals surface area (Å²) < 4.78 is 5.48.